The molecule has 0 bridgehead atoms. The molecule has 0 saturated heterocycles. The number of hydrogen-bond acceptors (Lipinski definition) is 3. The number of ketones is 1. The molecule has 4 heteroatoms. The molecule has 2 rings (SSSR count). The van der Waals surface area contributed by atoms with Gasteiger partial charge < -0.3 is 5.11 Å². The molecule has 0 radical (unpaired) electrons. The summed E-state index contributed by atoms with van der Waals surface area (Å²) in [6.45, 7) is 0. The molecule has 0 aliphatic carbocycles. The van der Waals surface area contributed by atoms with Gasteiger partial charge in [0.1, 0.15) is 6.10 Å². The lowest BCUT2D eigenvalue weighted by atomic mass is 9.96. The van der Waals surface area contributed by atoms with Gasteiger partial charge in [0.15, 0.2) is 5.78 Å². The largest absolute Gasteiger partial charge is 0.380 e. The quantitative estimate of drug-likeness (QED) is 0.689. The van der Waals surface area contributed by atoms with E-state index in [0.29, 0.717) is 5.56 Å². The van der Waals surface area contributed by atoms with E-state index < -0.39 is 17.1 Å². The second-order valence-corrected chi connectivity index (χ2v) is 4.34. The van der Waals surface area contributed by atoms with Crippen molar-refractivity contribution in [2.24, 2.45) is 0 Å². The first-order valence-electron chi connectivity index (χ1n) is 5.67. The predicted molar refractivity (Wildman–Crippen MR) is 72.4 cm³/mol. The van der Waals surface area contributed by atoms with Crippen LogP contribution in [0.3, 0.4) is 0 Å². The van der Waals surface area contributed by atoms with E-state index in [1.165, 1.54) is 12.1 Å². The predicted octanol–water partition coefficient (Wildman–Crippen LogP) is 2.98. The van der Waals surface area contributed by atoms with E-state index in [9.17, 15) is 14.7 Å². The van der Waals surface area contributed by atoms with Crippen molar-refractivity contribution >= 4 is 22.6 Å². The third-order valence-electron chi connectivity index (χ3n) is 2.77. The Morgan fingerprint density at radius 3 is 2.16 bits per heavy atom. The number of aliphatic hydroxyl groups excluding tert-OH is 1. The summed E-state index contributed by atoms with van der Waals surface area (Å²) < 4.78 is 0. The van der Waals surface area contributed by atoms with Crippen molar-refractivity contribution in [3.63, 3.8) is 0 Å². The molecule has 0 aromatic heterocycles. The van der Waals surface area contributed by atoms with Crippen molar-refractivity contribution in [2.75, 3.05) is 0 Å². The van der Waals surface area contributed by atoms with Gasteiger partial charge in [-0.3, -0.25) is 9.59 Å². The average Bonchev–Trinajstić information content (AvgIpc) is 2.46. The Labute approximate surface area is 115 Å². The topological polar surface area (TPSA) is 54.4 Å². The normalized spacial score (nSPS) is 11.9. The maximum Gasteiger partial charge on any atom is 0.252 e. The fourth-order valence-corrected chi connectivity index (χ4v) is 1.99. The van der Waals surface area contributed by atoms with E-state index in [1.807, 2.05) is 0 Å². The highest BCUT2D eigenvalue weighted by molar-refractivity contribution is 6.68. The standard InChI is InChI=1S/C15H11ClO3/c16-15(19)12-9-5-4-8-11(12)14(18)13(17)10-6-2-1-3-7-10/h1-9,14,18H. The minimum Gasteiger partial charge on any atom is -0.380 e. The number of halogens is 1. The van der Waals surface area contributed by atoms with E-state index in [0.717, 1.165) is 0 Å². The summed E-state index contributed by atoms with van der Waals surface area (Å²) in [6, 6.07) is 14.7. The number of hydrogen-bond donors (Lipinski definition) is 1. The van der Waals surface area contributed by atoms with Gasteiger partial charge in [0, 0.05) is 16.7 Å². The van der Waals surface area contributed by atoms with E-state index in [1.54, 1.807) is 42.5 Å². The first kappa shape index (κ1) is 13.5. The minimum atomic E-state index is -1.40. The summed E-state index contributed by atoms with van der Waals surface area (Å²) in [5.74, 6) is -0.467. The third kappa shape index (κ3) is 2.89. The summed E-state index contributed by atoms with van der Waals surface area (Å²) in [6.07, 6.45) is -1.40. The molecule has 3 nitrogen and oxygen atoms in total. The Morgan fingerprint density at radius 2 is 1.53 bits per heavy atom. The fraction of sp³-hybridized carbons (Fsp3) is 0.0667. The van der Waals surface area contributed by atoms with Crippen LogP contribution in [0.1, 0.15) is 32.4 Å². The number of rotatable bonds is 4. The van der Waals surface area contributed by atoms with Gasteiger partial charge in [-0.25, -0.2) is 0 Å². The number of aliphatic hydroxyl groups is 1. The molecule has 1 atom stereocenters. The molecular weight excluding hydrogens is 264 g/mol. The van der Waals surface area contributed by atoms with Crippen LogP contribution >= 0.6 is 11.6 Å². The van der Waals surface area contributed by atoms with Crippen molar-refractivity contribution in [3.8, 4) is 0 Å². The molecule has 0 saturated carbocycles. The molecule has 1 unspecified atom stereocenters. The Hall–Kier alpha value is -1.97. The molecule has 0 heterocycles. The van der Waals surface area contributed by atoms with Crippen molar-refractivity contribution in [2.45, 2.75) is 6.10 Å². The Morgan fingerprint density at radius 1 is 0.947 bits per heavy atom. The van der Waals surface area contributed by atoms with Crippen LogP contribution in [0.15, 0.2) is 54.6 Å². The SMILES string of the molecule is O=C(Cl)c1ccccc1C(O)C(=O)c1ccccc1. The molecule has 0 aliphatic heterocycles. The molecule has 1 N–H and O–H groups in total. The van der Waals surface area contributed by atoms with E-state index in [2.05, 4.69) is 0 Å². The summed E-state index contributed by atoms with van der Waals surface area (Å²) in [5, 5.41) is 9.41. The zero-order valence-corrected chi connectivity index (χ0v) is 10.7. The van der Waals surface area contributed by atoms with E-state index in [-0.39, 0.29) is 11.1 Å². The van der Waals surface area contributed by atoms with Crippen molar-refractivity contribution in [1.29, 1.82) is 0 Å². The van der Waals surface area contributed by atoms with E-state index in [4.69, 9.17) is 11.6 Å². The number of benzene rings is 2. The summed E-state index contributed by atoms with van der Waals surface area (Å²) in [4.78, 5) is 23.4. The Kier molecular flexibility index (Phi) is 4.10. The van der Waals surface area contributed by atoms with Gasteiger partial charge in [-0.2, -0.15) is 0 Å². The first-order valence-corrected chi connectivity index (χ1v) is 6.05. The zero-order chi connectivity index (χ0) is 13.8. The highest BCUT2D eigenvalue weighted by atomic mass is 35.5. The van der Waals surface area contributed by atoms with Gasteiger partial charge in [-0.05, 0) is 17.7 Å². The van der Waals surface area contributed by atoms with Gasteiger partial charge in [0.2, 0.25) is 0 Å². The number of carbonyl (C=O) groups is 2. The Balaban J connectivity index is 2.38. The smallest absolute Gasteiger partial charge is 0.252 e. The van der Waals surface area contributed by atoms with Crippen molar-refractivity contribution < 1.29 is 14.7 Å². The maximum absolute atomic E-state index is 12.1. The van der Waals surface area contributed by atoms with Crippen LogP contribution in [0.4, 0.5) is 0 Å². The molecule has 19 heavy (non-hydrogen) atoms. The van der Waals surface area contributed by atoms with Crippen LogP contribution in [0.2, 0.25) is 0 Å². The van der Waals surface area contributed by atoms with Crippen LogP contribution in [0, 0.1) is 0 Å². The number of Topliss-reactive ketones (excluding diaryl/α,β-unsaturated/α-hetero) is 1. The van der Waals surface area contributed by atoms with Gasteiger partial charge in [0.25, 0.3) is 5.24 Å². The molecule has 0 amide bonds. The monoisotopic (exact) mass is 274 g/mol. The molecule has 0 fully saturated rings. The highest BCUT2D eigenvalue weighted by Gasteiger charge is 2.23. The molecule has 2 aromatic rings. The summed E-state index contributed by atoms with van der Waals surface area (Å²) in [5.41, 5.74) is 0.740. The van der Waals surface area contributed by atoms with E-state index >= 15 is 0 Å². The van der Waals surface area contributed by atoms with Crippen molar-refractivity contribution in [1.82, 2.24) is 0 Å². The summed E-state index contributed by atoms with van der Waals surface area (Å²) in [7, 11) is 0. The van der Waals surface area contributed by atoms with Crippen LogP contribution in [-0.4, -0.2) is 16.1 Å². The molecule has 0 spiro atoms. The van der Waals surface area contributed by atoms with Crippen molar-refractivity contribution in [3.05, 3.63) is 71.3 Å². The maximum atomic E-state index is 12.1. The lowest BCUT2D eigenvalue weighted by molar-refractivity contribution is 0.0745. The van der Waals surface area contributed by atoms with Gasteiger partial charge in [-0.1, -0.05) is 48.5 Å². The highest BCUT2D eigenvalue weighted by Crippen LogP contribution is 2.23. The lowest BCUT2D eigenvalue weighted by Crippen LogP contribution is -2.14. The van der Waals surface area contributed by atoms with Crippen LogP contribution in [0.25, 0.3) is 0 Å². The molecular formula is C15H11ClO3. The average molecular weight is 275 g/mol. The minimum absolute atomic E-state index is 0.140. The van der Waals surface area contributed by atoms with Crippen LogP contribution < -0.4 is 0 Å². The third-order valence-corrected chi connectivity index (χ3v) is 2.98. The lowest BCUT2D eigenvalue weighted by Gasteiger charge is -2.12. The van der Waals surface area contributed by atoms with Crippen LogP contribution in [-0.2, 0) is 0 Å². The van der Waals surface area contributed by atoms with Gasteiger partial charge in [0.05, 0.1) is 0 Å². The molecule has 2 aromatic carbocycles. The number of carbonyl (C=O) groups excluding carboxylic acids is 2. The molecule has 0 aliphatic rings. The zero-order valence-electron chi connectivity index (χ0n) is 9.92. The Bertz CT molecular complexity index is 608. The van der Waals surface area contributed by atoms with Crippen LogP contribution in [0.5, 0.6) is 0 Å². The van der Waals surface area contributed by atoms with Gasteiger partial charge in [-0.15, -0.1) is 0 Å². The molecule has 96 valence electrons. The second-order valence-electron chi connectivity index (χ2n) is 3.99. The van der Waals surface area contributed by atoms with Gasteiger partial charge >= 0.3 is 0 Å². The summed E-state index contributed by atoms with van der Waals surface area (Å²) >= 11 is 5.44. The second kappa shape index (κ2) is 5.78. The fourth-order valence-electron chi connectivity index (χ4n) is 1.82. The first-order chi connectivity index (χ1) is 9.11.